The Balaban J connectivity index is 1.27. The topological polar surface area (TPSA) is 61.8 Å². The van der Waals surface area contributed by atoms with Gasteiger partial charge in [-0.3, -0.25) is 4.99 Å². The van der Waals surface area contributed by atoms with Crippen molar-refractivity contribution in [3.8, 4) is 0 Å². The maximum Gasteiger partial charge on any atom is 0.240 e. The summed E-state index contributed by atoms with van der Waals surface area (Å²) >= 11 is 7.02. The van der Waals surface area contributed by atoms with Crippen LogP contribution in [0.5, 0.6) is 0 Å². The Hall–Kier alpha value is -3.45. The molecule has 2 aliphatic heterocycles. The van der Waals surface area contributed by atoms with Gasteiger partial charge < -0.3 is 4.90 Å². The number of nitrogens with zero attached hydrogens (tertiary/aromatic N) is 2. The molecule has 5 nitrogen and oxygen atoms in total. The fourth-order valence-electron chi connectivity index (χ4n) is 5.95. The van der Waals surface area contributed by atoms with E-state index in [4.69, 9.17) is 16.6 Å². The second kappa shape index (κ2) is 11.4. The largest absolute Gasteiger partial charge is 0.356 e. The van der Waals surface area contributed by atoms with E-state index in [2.05, 4.69) is 77.7 Å². The molecule has 2 heterocycles. The molecule has 0 aliphatic carbocycles. The Morgan fingerprint density at radius 3 is 2.54 bits per heavy atom. The monoisotopic (exact) mass is 583 g/mol. The predicted molar refractivity (Wildman–Crippen MR) is 169 cm³/mol. The van der Waals surface area contributed by atoms with Crippen molar-refractivity contribution in [1.82, 2.24) is 9.62 Å². The molecule has 1 saturated heterocycles. The summed E-state index contributed by atoms with van der Waals surface area (Å²) in [4.78, 5) is 7.88. The third kappa shape index (κ3) is 5.56. The highest BCUT2D eigenvalue weighted by atomic mass is 35.5. The maximum absolute atomic E-state index is 12.8. The summed E-state index contributed by atoms with van der Waals surface area (Å²) in [6.45, 7) is 8.47. The molecule has 0 spiro atoms. The zero-order chi connectivity index (χ0) is 28.6. The number of benzene rings is 4. The van der Waals surface area contributed by atoms with E-state index in [0.717, 1.165) is 58.9 Å². The van der Waals surface area contributed by atoms with Crippen molar-refractivity contribution in [3.05, 3.63) is 119 Å². The van der Waals surface area contributed by atoms with E-state index in [9.17, 15) is 8.42 Å². The van der Waals surface area contributed by atoms with Crippen molar-refractivity contribution >= 4 is 43.8 Å². The van der Waals surface area contributed by atoms with E-state index in [-0.39, 0.29) is 16.9 Å². The predicted octanol–water partition coefficient (Wildman–Crippen LogP) is 6.74. The van der Waals surface area contributed by atoms with Gasteiger partial charge in [0.05, 0.1) is 16.0 Å². The molecule has 4 aromatic rings. The molecule has 4 aromatic carbocycles. The summed E-state index contributed by atoms with van der Waals surface area (Å²) < 4.78 is 28.4. The Morgan fingerprint density at radius 2 is 1.76 bits per heavy atom. The third-order valence-electron chi connectivity index (χ3n) is 8.30. The summed E-state index contributed by atoms with van der Waals surface area (Å²) in [5.41, 5.74) is 5.29. The summed E-state index contributed by atoms with van der Waals surface area (Å²) in [6, 6.07) is 27.6. The van der Waals surface area contributed by atoms with E-state index in [0.29, 0.717) is 13.1 Å². The van der Waals surface area contributed by atoms with Gasteiger partial charge >= 0.3 is 0 Å². The molecular formula is C34H34ClN3O2S. The van der Waals surface area contributed by atoms with Gasteiger partial charge in [0.1, 0.15) is 5.84 Å². The van der Waals surface area contributed by atoms with Gasteiger partial charge in [-0.05, 0) is 70.3 Å². The second-order valence-corrected chi connectivity index (χ2v) is 13.1. The average Bonchev–Trinajstić information content (AvgIpc) is 3.47. The van der Waals surface area contributed by atoms with Gasteiger partial charge in [-0.2, -0.15) is 0 Å². The van der Waals surface area contributed by atoms with Crippen LogP contribution in [0.15, 0.2) is 101 Å². The number of aliphatic imine (C=N–C) groups is 1. The summed E-state index contributed by atoms with van der Waals surface area (Å²) in [7, 11) is -3.55. The Kier molecular flexibility index (Phi) is 7.73. The van der Waals surface area contributed by atoms with Crippen LogP contribution >= 0.6 is 11.6 Å². The molecule has 2 atom stereocenters. The van der Waals surface area contributed by atoms with Gasteiger partial charge in [-0.25, -0.2) is 13.1 Å². The van der Waals surface area contributed by atoms with Crippen molar-refractivity contribution < 1.29 is 8.42 Å². The van der Waals surface area contributed by atoms with Gasteiger partial charge in [-0.15, -0.1) is 0 Å². The number of hydrogen-bond donors (Lipinski definition) is 1. The SMILES string of the molecule is C=C1c2ccc(CC)c(Cl)c2C(N2CCC(CNS(=O)(=O)c3ccccc3)C2)=NC1Cc1ccc2ccccc2c1. The number of hydrogen-bond acceptors (Lipinski definition) is 4. The van der Waals surface area contributed by atoms with Crippen molar-refractivity contribution in [1.29, 1.82) is 0 Å². The summed E-state index contributed by atoms with van der Waals surface area (Å²) in [6.07, 6.45) is 2.44. The van der Waals surface area contributed by atoms with Gasteiger partial charge in [0, 0.05) is 25.2 Å². The lowest BCUT2D eigenvalue weighted by Crippen LogP contribution is -2.37. The number of fused-ring (bicyclic) bond motifs is 2. The molecule has 6 rings (SSSR count). The molecular weight excluding hydrogens is 550 g/mol. The van der Waals surface area contributed by atoms with E-state index in [1.165, 1.54) is 16.3 Å². The minimum absolute atomic E-state index is 0.113. The van der Waals surface area contributed by atoms with Crippen LogP contribution in [0.1, 0.15) is 35.6 Å². The molecule has 7 heteroatoms. The van der Waals surface area contributed by atoms with Crippen molar-refractivity contribution in [2.45, 2.75) is 37.1 Å². The van der Waals surface area contributed by atoms with Crippen molar-refractivity contribution in [3.63, 3.8) is 0 Å². The van der Waals surface area contributed by atoms with Crippen LogP contribution in [0.25, 0.3) is 16.3 Å². The molecule has 41 heavy (non-hydrogen) atoms. The van der Waals surface area contributed by atoms with Crippen LogP contribution in [-0.4, -0.2) is 44.8 Å². The molecule has 0 amide bonds. The Bertz CT molecular complexity index is 1750. The minimum atomic E-state index is -3.55. The lowest BCUT2D eigenvalue weighted by atomic mass is 9.87. The maximum atomic E-state index is 12.8. The van der Waals surface area contributed by atoms with Crippen LogP contribution in [0.2, 0.25) is 5.02 Å². The minimum Gasteiger partial charge on any atom is -0.356 e. The highest BCUT2D eigenvalue weighted by Gasteiger charge is 2.34. The molecule has 1 fully saturated rings. The van der Waals surface area contributed by atoms with Gasteiger partial charge in [0.25, 0.3) is 0 Å². The normalized spacial score (nSPS) is 18.9. The van der Waals surface area contributed by atoms with Crippen LogP contribution in [0, 0.1) is 5.92 Å². The summed E-state index contributed by atoms with van der Waals surface area (Å²) in [5, 5.41) is 3.17. The van der Waals surface area contributed by atoms with E-state index in [1.54, 1.807) is 24.3 Å². The molecule has 0 bridgehead atoms. The number of halogens is 1. The van der Waals surface area contributed by atoms with Crippen molar-refractivity contribution in [2.75, 3.05) is 19.6 Å². The Labute approximate surface area is 247 Å². The molecule has 2 unspecified atom stereocenters. The van der Waals surface area contributed by atoms with Crippen LogP contribution in [0.3, 0.4) is 0 Å². The van der Waals surface area contributed by atoms with E-state index in [1.807, 2.05) is 6.07 Å². The lowest BCUT2D eigenvalue weighted by Gasteiger charge is -2.32. The van der Waals surface area contributed by atoms with Crippen LogP contribution < -0.4 is 4.72 Å². The average molecular weight is 584 g/mol. The summed E-state index contributed by atoms with van der Waals surface area (Å²) in [5.74, 6) is 1.06. The highest BCUT2D eigenvalue weighted by molar-refractivity contribution is 7.89. The standard InChI is InChI=1S/C34H34ClN3O2S/c1-3-26-15-16-30-23(2)31(20-24-13-14-27-9-7-8-10-28(27)19-24)37-34(32(30)33(26)35)38-18-17-25(22-38)21-36-41(39,40)29-11-5-4-6-12-29/h4-16,19,25,31,36H,2-3,17-18,20-22H2,1H3. The van der Waals surface area contributed by atoms with Crippen LogP contribution in [-0.2, 0) is 22.9 Å². The van der Waals surface area contributed by atoms with Crippen LogP contribution in [0.4, 0.5) is 0 Å². The van der Waals surface area contributed by atoms with E-state index < -0.39 is 10.0 Å². The molecule has 0 radical (unpaired) electrons. The lowest BCUT2D eigenvalue weighted by molar-refractivity contribution is 0.470. The fraction of sp³-hybridized carbons (Fsp3) is 0.265. The van der Waals surface area contributed by atoms with Gasteiger partial charge in [0.15, 0.2) is 0 Å². The zero-order valence-electron chi connectivity index (χ0n) is 23.2. The molecule has 0 aromatic heterocycles. The molecule has 2 aliphatic rings. The molecule has 210 valence electrons. The number of likely N-dealkylation sites (tertiary alicyclic amines) is 1. The third-order valence-corrected chi connectivity index (χ3v) is 10.2. The zero-order valence-corrected chi connectivity index (χ0v) is 24.8. The van der Waals surface area contributed by atoms with Crippen molar-refractivity contribution in [2.24, 2.45) is 10.9 Å². The number of rotatable bonds is 7. The molecule has 0 saturated carbocycles. The second-order valence-electron chi connectivity index (χ2n) is 11.0. The first kappa shape index (κ1) is 27.7. The molecule has 1 N–H and O–H groups in total. The van der Waals surface area contributed by atoms with Gasteiger partial charge in [-0.1, -0.05) is 97.9 Å². The quantitative estimate of drug-likeness (QED) is 0.262. The highest BCUT2D eigenvalue weighted by Crippen LogP contribution is 2.38. The Morgan fingerprint density at radius 1 is 1.00 bits per heavy atom. The first-order chi connectivity index (χ1) is 19.8. The smallest absolute Gasteiger partial charge is 0.240 e. The first-order valence-corrected chi connectivity index (χ1v) is 16.1. The number of amidine groups is 1. The van der Waals surface area contributed by atoms with E-state index >= 15 is 0 Å². The number of sulfonamides is 1. The fourth-order valence-corrected chi connectivity index (χ4v) is 7.47. The van der Waals surface area contributed by atoms with Gasteiger partial charge in [0.2, 0.25) is 10.0 Å². The number of nitrogens with one attached hydrogen (secondary N) is 1. The first-order valence-electron chi connectivity index (χ1n) is 14.2. The number of aryl methyl sites for hydroxylation is 1.